The van der Waals surface area contributed by atoms with E-state index < -0.39 is 0 Å². The van der Waals surface area contributed by atoms with Gasteiger partial charge in [0.25, 0.3) is 0 Å². The van der Waals surface area contributed by atoms with Gasteiger partial charge in [-0.3, -0.25) is 0 Å². The topological polar surface area (TPSA) is 0 Å². The van der Waals surface area contributed by atoms with Gasteiger partial charge in [0.05, 0.1) is 0 Å². The molecule has 0 unspecified atom stereocenters. The fraction of sp³-hybridized carbons (Fsp3) is 0.760. The zero-order valence-corrected chi connectivity index (χ0v) is 21.1. The average Bonchev–Trinajstić information content (AvgIpc) is 2.68. The first-order chi connectivity index (χ1) is 13.2. The smallest absolute Gasteiger partial charge is 0.0285 e. The Morgan fingerprint density at radius 3 is 1.56 bits per heavy atom. The highest BCUT2D eigenvalue weighted by Crippen LogP contribution is 2.24. The van der Waals surface area contributed by atoms with Crippen molar-refractivity contribution in [1.29, 1.82) is 0 Å². The van der Waals surface area contributed by atoms with Crippen LogP contribution in [0.5, 0.6) is 0 Å². The molecule has 0 bridgehead atoms. The van der Waals surface area contributed by atoms with Gasteiger partial charge in [-0.05, 0) is 42.0 Å². The van der Waals surface area contributed by atoms with Gasteiger partial charge >= 0.3 is 0 Å². The molecule has 0 radical (unpaired) electrons. The third-order valence-electron chi connectivity index (χ3n) is 5.70. The van der Waals surface area contributed by atoms with Gasteiger partial charge in [-0.15, -0.1) is 0 Å². The Balaban J connectivity index is 2.02. The van der Waals surface area contributed by atoms with Crippen LogP contribution in [0, 0.1) is 6.92 Å². The second-order valence-electron chi connectivity index (χ2n) is 8.16. The third-order valence-corrected chi connectivity index (χ3v) is 6.96. The Morgan fingerprint density at radius 2 is 1.11 bits per heavy atom. The molecule has 156 valence electrons. The minimum Gasteiger partial charge on any atom is -0.0876 e. The minimum absolute atomic E-state index is 0.951. The Hall–Kier alpha value is 0.180. The zero-order chi connectivity index (χ0) is 19.7. The summed E-state index contributed by atoms with van der Waals surface area (Å²) in [5.41, 5.74) is 5.93. The first-order valence-corrected chi connectivity index (χ1v) is 13.7. The lowest BCUT2D eigenvalue weighted by molar-refractivity contribution is 0.535. The first-order valence-electron chi connectivity index (χ1n) is 11.5. The van der Waals surface area contributed by atoms with Gasteiger partial charge in [0.15, 0.2) is 0 Å². The summed E-state index contributed by atoms with van der Waals surface area (Å²) in [4.78, 5) is 0. The summed E-state index contributed by atoms with van der Waals surface area (Å²) in [6, 6.07) is 4.70. The molecule has 0 atom stereocenters. The molecule has 0 aliphatic heterocycles. The Morgan fingerprint density at radius 1 is 0.630 bits per heavy atom. The van der Waals surface area contributed by atoms with Crippen LogP contribution in [0.2, 0.25) is 0 Å². The summed E-state index contributed by atoms with van der Waals surface area (Å²) >= 11 is 7.26. The summed E-state index contributed by atoms with van der Waals surface area (Å²) in [6.45, 7) is 4.57. The lowest BCUT2D eigenvalue weighted by Crippen LogP contribution is -1.98. The Kier molecular flexibility index (Phi) is 15.9. The summed E-state index contributed by atoms with van der Waals surface area (Å²) in [7, 11) is 0. The van der Waals surface area contributed by atoms with Gasteiger partial charge in [0.1, 0.15) is 0 Å². The van der Waals surface area contributed by atoms with Crippen LogP contribution in [-0.2, 0) is 17.1 Å². The highest BCUT2D eigenvalue weighted by Gasteiger charge is 2.07. The van der Waals surface area contributed by atoms with Crippen molar-refractivity contribution < 1.29 is 0 Å². The first kappa shape index (κ1) is 25.2. The molecule has 0 nitrogen and oxygen atoms in total. The van der Waals surface area contributed by atoms with Crippen molar-refractivity contribution in [1.82, 2.24) is 0 Å². The maximum atomic E-state index is 3.67. The highest BCUT2D eigenvalue weighted by molar-refractivity contribution is 9.08. The van der Waals surface area contributed by atoms with E-state index in [0.29, 0.717) is 0 Å². The fourth-order valence-electron chi connectivity index (χ4n) is 4.02. The molecule has 0 N–H and O–H groups in total. The number of aryl methyl sites for hydroxylation is 1. The maximum Gasteiger partial charge on any atom is 0.0285 e. The minimum atomic E-state index is 0.951. The molecule has 1 aromatic carbocycles. The number of halogens is 2. The van der Waals surface area contributed by atoms with E-state index in [9.17, 15) is 0 Å². The third kappa shape index (κ3) is 11.7. The number of unbranched alkanes of at least 4 members (excludes halogenated alkanes) is 13. The molecule has 0 fully saturated rings. The van der Waals surface area contributed by atoms with E-state index in [2.05, 4.69) is 57.8 Å². The number of benzene rings is 1. The van der Waals surface area contributed by atoms with E-state index in [1.54, 1.807) is 5.56 Å². The SMILES string of the molecule is CCCCCCCCCCCCCCCCc1c(C)cc(CBr)cc1CBr. The van der Waals surface area contributed by atoms with Gasteiger partial charge in [0.2, 0.25) is 0 Å². The number of hydrogen-bond donors (Lipinski definition) is 0. The molecule has 0 aliphatic carbocycles. The van der Waals surface area contributed by atoms with Gasteiger partial charge in [-0.2, -0.15) is 0 Å². The Bertz CT molecular complexity index is 481. The van der Waals surface area contributed by atoms with Crippen LogP contribution in [0.4, 0.5) is 0 Å². The molecule has 2 heteroatoms. The molecule has 0 heterocycles. The van der Waals surface area contributed by atoms with Crippen molar-refractivity contribution in [2.24, 2.45) is 0 Å². The standard InChI is InChI=1S/C25H42Br2/c1-3-4-5-6-7-8-9-10-11-12-13-14-15-16-17-25-22(2)18-23(20-26)19-24(25)21-27/h18-19H,3-17,20-21H2,1-2H3. The van der Waals surface area contributed by atoms with E-state index in [4.69, 9.17) is 0 Å². The second-order valence-corrected chi connectivity index (χ2v) is 9.29. The molecule has 0 spiro atoms. The van der Waals surface area contributed by atoms with Crippen LogP contribution in [0.25, 0.3) is 0 Å². The molecule has 1 rings (SSSR count). The van der Waals surface area contributed by atoms with Crippen LogP contribution in [0.3, 0.4) is 0 Å². The molecule has 27 heavy (non-hydrogen) atoms. The maximum absolute atomic E-state index is 3.67. The van der Waals surface area contributed by atoms with Crippen molar-refractivity contribution in [3.8, 4) is 0 Å². The van der Waals surface area contributed by atoms with Gasteiger partial charge in [0, 0.05) is 10.7 Å². The van der Waals surface area contributed by atoms with Crippen LogP contribution in [-0.4, -0.2) is 0 Å². The van der Waals surface area contributed by atoms with Crippen LogP contribution < -0.4 is 0 Å². The number of rotatable bonds is 17. The van der Waals surface area contributed by atoms with Crippen molar-refractivity contribution in [2.45, 2.75) is 121 Å². The lowest BCUT2D eigenvalue weighted by Gasteiger charge is -2.13. The number of hydrogen-bond acceptors (Lipinski definition) is 0. The van der Waals surface area contributed by atoms with Crippen LogP contribution in [0.15, 0.2) is 12.1 Å². The van der Waals surface area contributed by atoms with Gasteiger partial charge in [-0.1, -0.05) is 134 Å². The predicted molar refractivity (Wildman–Crippen MR) is 130 cm³/mol. The van der Waals surface area contributed by atoms with Crippen LogP contribution in [0.1, 0.15) is 119 Å². The summed E-state index contributed by atoms with van der Waals surface area (Å²) in [6.07, 6.45) is 21.3. The van der Waals surface area contributed by atoms with Crippen molar-refractivity contribution in [2.75, 3.05) is 0 Å². The molecular weight excluding hydrogens is 460 g/mol. The summed E-state index contributed by atoms with van der Waals surface area (Å²) in [5.74, 6) is 0. The normalized spacial score (nSPS) is 11.3. The fourth-order valence-corrected chi connectivity index (χ4v) is 4.85. The quantitative estimate of drug-likeness (QED) is 0.147. The van der Waals surface area contributed by atoms with E-state index in [1.165, 1.54) is 113 Å². The molecule has 0 saturated heterocycles. The van der Waals surface area contributed by atoms with Crippen molar-refractivity contribution in [3.63, 3.8) is 0 Å². The monoisotopic (exact) mass is 500 g/mol. The predicted octanol–water partition coefficient (Wildman–Crippen LogP) is 9.81. The second kappa shape index (κ2) is 17.1. The molecule has 0 aromatic heterocycles. The Labute approximate surface area is 186 Å². The summed E-state index contributed by atoms with van der Waals surface area (Å²) < 4.78 is 0. The highest BCUT2D eigenvalue weighted by atomic mass is 79.9. The molecule has 0 saturated carbocycles. The molecule has 0 amide bonds. The van der Waals surface area contributed by atoms with Crippen molar-refractivity contribution in [3.05, 3.63) is 34.4 Å². The molecular formula is C25H42Br2. The van der Waals surface area contributed by atoms with Crippen LogP contribution >= 0.6 is 31.9 Å². The average molecular weight is 502 g/mol. The zero-order valence-electron chi connectivity index (χ0n) is 17.9. The molecule has 0 aliphatic rings. The largest absolute Gasteiger partial charge is 0.0876 e. The summed E-state index contributed by atoms with van der Waals surface area (Å²) in [5, 5.41) is 1.93. The van der Waals surface area contributed by atoms with E-state index in [0.717, 1.165) is 10.7 Å². The van der Waals surface area contributed by atoms with Gasteiger partial charge in [-0.25, -0.2) is 0 Å². The number of alkyl halides is 2. The van der Waals surface area contributed by atoms with Crippen molar-refractivity contribution >= 4 is 31.9 Å². The molecule has 1 aromatic rings. The van der Waals surface area contributed by atoms with E-state index in [1.807, 2.05) is 0 Å². The van der Waals surface area contributed by atoms with E-state index >= 15 is 0 Å². The lowest BCUT2D eigenvalue weighted by atomic mass is 9.95. The van der Waals surface area contributed by atoms with Gasteiger partial charge < -0.3 is 0 Å². The van der Waals surface area contributed by atoms with E-state index in [-0.39, 0.29) is 0 Å².